The SMILES string of the molecule is CCN1CCc2cc(CNCC(F)(F)F)c(OC)cc2C1. The predicted octanol–water partition coefficient (Wildman–Crippen LogP) is 2.73. The molecule has 1 aromatic rings. The van der Waals surface area contributed by atoms with Gasteiger partial charge in [-0.2, -0.15) is 13.2 Å². The number of methoxy groups -OCH3 is 1. The number of likely N-dealkylation sites (N-methyl/N-ethyl adjacent to an activating group) is 1. The zero-order valence-electron chi connectivity index (χ0n) is 12.4. The van der Waals surface area contributed by atoms with Crippen molar-refractivity contribution in [3.05, 3.63) is 28.8 Å². The molecule has 0 saturated carbocycles. The van der Waals surface area contributed by atoms with E-state index in [1.54, 1.807) is 7.11 Å². The number of nitrogens with one attached hydrogen (secondary N) is 1. The molecule has 0 aliphatic carbocycles. The van der Waals surface area contributed by atoms with E-state index >= 15 is 0 Å². The summed E-state index contributed by atoms with van der Waals surface area (Å²) in [5, 5.41) is 2.43. The highest BCUT2D eigenvalue weighted by atomic mass is 19.4. The van der Waals surface area contributed by atoms with Crippen LogP contribution in [0.15, 0.2) is 12.1 Å². The molecule has 1 aromatic carbocycles. The van der Waals surface area contributed by atoms with Gasteiger partial charge in [0.2, 0.25) is 0 Å². The lowest BCUT2D eigenvalue weighted by Crippen LogP contribution is -2.31. The second kappa shape index (κ2) is 6.66. The first-order valence-electron chi connectivity index (χ1n) is 7.11. The summed E-state index contributed by atoms with van der Waals surface area (Å²) in [6, 6.07) is 3.94. The second-order valence-corrected chi connectivity index (χ2v) is 5.27. The molecule has 21 heavy (non-hydrogen) atoms. The monoisotopic (exact) mass is 302 g/mol. The zero-order chi connectivity index (χ0) is 15.5. The molecule has 0 saturated heterocycles. The van der Waals surface area contributed by atoms with Crippen molar-refractivity contribution in [1.82, 2.24) is 10.2 Å². The van der Waals surface area contributed by atoms with Crippen LogP contribution in [-0.2, 0) is 19.5 Å². The summed E-state index contributed by atoms with van der Waals surface area (Å²) in [6.45, 7) is 4.16. The number of halogens is 3. The number of benzene rings is 1. The fourth-order valence-electron chi connectivity index (χ4n) is 2.63. The predicted molar refractivity (Wildman–Crippen MR) is 75.4 cm³/mol. The van der Waals surface area contributed by atoms with E-state index < -0.39 is 12.7 Å². The number of fused-ring (bicyclic) bond motifs is 1. The maximum Gasteiger partial charge on any atom is 0.401 e. The molecule has 0 radical (unpaired) electrons. The Balaban J connectivity index is 2.11. The van der Waals surface area contributed by atoms with Crippen LogP contribution >= 0.6 is 0 Å². The van der Waals surface area contributed by atoms with Gasteiger partial charge in [-0.3, -0.25) is 4.90 Å². The summed E-state index contributed by atoms with van der Waals surface area (Å²) in [5.74, 6) is 0.654. The van der Waals surface area contributed by atoms with Crippen molar-refractivity contribution in [2.75, 3.05) is 26.7 Å². The molecule has 0 spiro atoms. The summed E-state index contributed by atoms with van der Waals surface area (Å²) < 4.78 is 41.9. The summed E-state index contributed by atoms with van der Waals surface area (Å²) in [7, 11) is 1.55. The van der Waals surface area contributed by atoms with Crippen LogP contribution in [0.1, 0.15) is 23.6 Å². The van der Waals surface area contributed by atoms with Gasteiger partial charge in [0, 0.05) is 25.2 Å². The van der Waals surface area contributed by atoms with E-state index in [9.17, 15) is 13.2 Å². The minimum Gasteiger partial charge on any atom is -0.496 e. The molecule has 0 unspecified atom stereocenters. The van der Waals surface area contributed by atoms with Crippen LogP contribution in [0.4, 0.5) is 13.2 Å². The normalized spacial score (nSPS) is 15.9. The van der Waals surface area contributed by atoms with Gasteiger partial charge in [-0.15, -0.1) is 0 Å². The Bertz CT molecular complexity index is 489. The molecule has 6 heteroatoms. The van der Waals surface area contributed by atoms with Crippen molar-refractivity contribution in [2.45, 2.75) is 32.6 Å². The first-order valence-corrected chi connectivity index (χ1v) is 7.11. The topological polar surface area (TPSA) is 24.5 Å². The Morgan fingerprint density at radius 3 is 2.67 bits per heavy atom. The Hall–Kier alpha value is -1.27. The molecule has 1 aliphatic rings. The van der Waals surface area contributed by atoms with Crippen molar-refractivity contribution >= 4 is 0 Å². The number of rotatable bonds is 5. The van der Waals surface area contributed by atoms with Crippen molar-refractivity contribution in [3.63, 3.8) is 0 Å². The molecule has 0 aromatic heterocycles. The molecule has 1 heterocycles. The quantitative estimate of drug-likeness (QED) is 0.905. The van der Waals surface area contributed by atoms with Gasteiger partial charge in [-0.05, 0) is 30.2 Å². The number of hydrogen-bond donors (Lipinski definition) is 1. The molecule has 118 valence electrons. The van der Waals surface area contributed by atoms with E-state index in [1.165, 1.54) is 11.1 Å². The van der Waals surface area contributed by atoms with Gasteiger partial charge < -0.3 is 10.1 Å². The maximum absolute atomic E-state index is 12.2. The van der Waals surface area contributed by atoms with Gasteiger partial charge in [0.05, 0.1) is 13.7 Å². The van der Waals surface area contributed by atoms with Gasteiger partial charge in [-0.1, -0.05) is 13.0 Å². The Kier molecular flexibility index (Phi) is 5.11. The minimum atomic E-state index is -4.19. The molecule has 1 aliphatic heterocycles. The molecule has 0 amide bonds. The van der Waals surface area contributed by atoms with Crippen molar-refractivity contribution in [3.8, 4) is 5.75 Å². The van der Waals surface area contributed by atoms with Crippen LogP contribution in [0.2, 0.25) is 0 Å². The van der Waals surface area contributed by atoms with Crippen LogP contribution in [0.3, 0.4) is 0 Å². The van der Waals surface area contributed by atoms with Crippen LogP contribution in [0, 0.1) is 0 Å². The average Bonchev–Trinajstić information content (AvgIpc) is 2.44. The third-order valence-electron chi connectivity index (χ3n) is 3.78. The lowest BCUT2D eigenvalue weighted by molar-refractivity contribution is -0.125. The fraction of sp³-hybridized carbons (Fsp3) is 0.600. The molecule has 1 N–H and O–H groups in total. The number of hydrogen-bond acceptors (Lipinski definition) is 3. The molecule has 2 rings (SSSR count). The van der Waals surface area contributed by atoms with Crippen LogP contribution < -0.4 is 10.1 Å². The van der Waals surface area contributed by atoms with E-state index in [0.29, 0.717) is 5.75 Å². The largest absolute Gasteiger partial charge is 0.496 e. The molecule has 0 bridgehead atoms. The Morgan fingerprint density at radius 1 is 1.29 bits per heavy atom. The standard InChI is InChI=1S/C15H21F3N2O/c1-3-20-5-4-11-6-12(8-19-10-15(16,17)18)14(21-2)7-13(11)9-20/h6-7,19H,3-5,8-10H2,1-2H3. The van der Waals surface area contributed by atoms with E-state index in [4.69, 9.17) is 4.74 Å². The lowest BCUT2D eigenvalue weighted by Gasteiger charge is -2.28. The first-order chi connectivity index (χ1) is 9.93. The Morgan fingerprint density at radius 2 is 2.05 bits per heavy atom. The molecule has 3 nitrogen and oxygen atoms in total. The fourth-order valence-corrected chi connectivity index (χ4v) is 2.63. The number of ether oxygens (including phenoxy) is 1. The maximum atomic E-state index is 12.2. The second-order valence-electron chi connectivity index (χ2n) is 5.27. The van der Waals surface area contributed by atoms with Gasteiger partial charge in [0.25, 0.3) is 0 Å². The van der Waals surface area contributed by atoms with Crippen molar-refractivity contribution in [1.29, 1.82) is 0 Å². The van der Waals surface area contributed by atoms with E-state index in [1.807, 2.05) is 12.1 Å². The van der Waals surface area contributed by atoms with Gasteiger partial charge in [-0.25, -0.2) is 0 Å². The van der Waals surface area contributed by atoms with E-state index in [-0.39, 0.29) is 6.54 Å². The van der Waals surface area contributed by atoms with Crippen LogP contribution in [0.25, 0.3) is 0 Å². The van der Waals surface area contributed by atoms with Gasteiger partial charge in [0.15, 0.2) is 0 Å². The highest BCUT2D eigenvalue weighted by molar-refractivity contribution is 5.44. The highest BCUT2D eigenvalue weighted by Gasteiger charge is 2.26. The van der Waals surface area contributed by atoms with E-state index in [0.717, 1.165) is 31.6 Å². The zero-order valence-corrected chi connectivity index (χ0v) is 12.4. The van der Waals surface area contributed by atoms with E-state index in [2.05, 4.69) is 17.1 Å². The van der Waals surface area contributed by atoms with Gasteiger partial charge in [0.1, 0.15) is 5.75 Å². The first kappa shape index (κ1) is 16.1. The third kappa shape index (κ3) is 4.35. The molecule has 0 fully saturated rings. The summed E-state index contributed by atoms with van der Waals surface area (Å²) >= 11 is 0. The minimum absolute atomic E-state index is 0.160. The van der Waals surface area contributed by atoms with Crippen molar-refractivity contribution < 1.29 is 17.9 Å². The van der Waals surface area contributed by atoms with Crippen LogP contribution in [0.5, 0.6) is 5.75 Å². The third-order valence-corrected chi connectivity index (χ3v) is 3.78. The van der Waals surface area contributed by atoms with Gasteiger partial charge >= 0.3 is 6.18 Å². The number of nitrogens with zero attached hydrogens (tertiary/aromatic N) is 1. The smallest absolute Gasteiger partial charge is 0.401 e. The summed E-state index contributed by atoms with van der Waals surface area (Å²) in [5.41, 5.74) is 3.20. The molecular weight excluding hydrogens is 281 g/mol. The highest BCUT2D eigenvalue weighted by Crippen LogP contribution is 2.28. The summed E-state index contributed by atoms with van der Waals surface area (Å²) in [6.07, 6.45) is -3.26. The van der Waals surface area contributed by atoms with Crippen molar-refractivity contribution in [2.24, 2.45) is 0 Å². The van der Waals surface area contributed by atoms with Crippen LogP contribution in [-0.4, -0.2) is 37.8 Å². The molecule has 0 atom stereocenters. The average molecular weight is 302 g/mol. The lowest BCUT2D eigenvalue weighted by atomic mass is 9.96. The molecular formula is C15H21F3N2O. The Labute approximate surface area is 123 Å². The number of alkyl halides is 3. The summed E-state index contributed by atoms with van der Waals surface area (Å²) in [4.78, 5) is 2.34.